The summed E-state index contributed by atoms with van der Waals surface area (Å²) in [5.41, 5.74) is 2.21. The molecule has 4 rings (SSSR count). The lowest BCUT2D eigenvalue weighted by Gasteiger charge is -2.45. The van der Waals surface area contributed by atoms with E-state index in [-0.39, 0.29) is 36.3 Å². The molecule has 7 heteroatoms. The minimum absolute atomic E-state index is 0.00951. The van der Waals surface area contributed by atoms with Crippen LogP contribution < -0.4 is 15.1 Å². The largest absolute Gasteiger partial charge is 0.358 e. The molecule has 0 radical (unpaired) electrons. The molecule has 0 unspecified atom stereocenters. The molecule has 186 valence electrons. The summed E-state index contributed by atoms with van der Waals surface area (Å²) in [6, 6.07) is 5.63. The SMILES string of the molecule is CCN(CC)C(=O)c1ccc2c(c1)N(CC(=O)NC1CCCCCCC1)C(=O)[C@H]1CCCCN21. The van der Waals surface area contributed by atoms with Crippen LogP contribution in [0.2, 0.25) is 0 Å². The first kappa shape index (κ1) is 24.6. The Balaban J connectivity index is 1.59. The van der Waals surface area contributed by atoms with E-state index in [0.29, 0.717) is 24.3 Å². The molecule has 1 aliphatic carbocycles. The highest BCUT2D eigenvalue weighted by molar-refractivity contribution is 6.09. The Morgan fingerprint density at radius 2 is 1.62 bits per heavy atom. The van der Waals surface area contributed by atoms with Crippen molar-refractivity contribution in [2.24, 2.45) is 0 Å². The summed E-state index contributed by atoms with van der Waals surface area (Å²) < 4.78 is 0. The lowest BCUT2D eigenvalue weighted by atomic mass is 9.95. The van der Waals surface area contributed by atoms with Gasteiger partial charge in [0.2, 0.25) is 11.8 Å². The third-order valence-electron chi connectivity index (χ3n) is 7.70. The number of benzene rings is 1. The zero-order valence-electron chi connectivity index (χ0n) is 20.9. The van der Waals surface area contributed by atoms with E-state index in [4.69, 9.17) is 0 Å². The fourth-order valence-electron chi connectivity index (χ4n) is 5.76. The topological polar surface area (TPSA) is 73.0 Å². The van der Waals surface area contributed by atoms with Crippen LogP contribution in [-0.2, 0) is 9.59 Å². The Bertz CT molecular complexity index is 890. The minimum Gasteiger partial charge on any atom is -0.358 e. The summed E-state index contributed by atoms with van der Waals surface area (Å²) in [5, 5.41) is 3.21. The number of amides is 3. The van der Waals surface area contributed by atoms with Gasteiger partial charge in [-0.25, -0.2) is 0 Å². The van der Waals surface area contributed by atoms with Crippen LogP contribution in [0, 0.1) is 0 Å². The number of nitrogens with zero attached hydrogens (tertiary/aromatic N) is 3. The molecule has 2 heterocycles. The maximum atomic E-state index is 13.6. The molecule has 1 saturated carbocycles. The predicted molar refractivity (Wildman–Crippen MR) is 135 cm³/mol. The summed E-state index contributed by atoms with van der Waals surface area (Å²) in [6.45, 7) is 6.03. The van der Waals surface area contributed by atoms with Crippen molar-refractivity contribution in [2.75, 3.05) is 36.0 Å². The molecule has 34 heavy (non-hydrogen) atoms. The minimum atomic E-state index is -0.222. The first-order valence-corrected chi connectivity index (χ1v) is 13.3. The second kappa shape index (κ2) is 11.2. The molecule has 0 aromatic heterocycles. The van der Waals surface area contributed by atoms with Crippen molar-refractivity contribution in [3.05, 3.63) is 23.8 Å². The molecule has 3 aliphatic rings. The number of nitrogens with one attached hydrogen (secondary N) is 1. The monoisotopic (exact) mass is 468 g/mol. The van der Waals surface area contributed by atoms with E-state index in [1.165, 1.54) is 19.3 Å². The molecule has 0 bridgehead atoms. The van der Waals surface area contributed by atoms with Gasteiger partial charge in [0.05, 0.1) is 11.4 Å². The van der Waals surface area contributed by atoms with E-state index in [9.17, 15) is 14.4 Å². The van der Waals surface area contributed by atoms with Crippen LogP contribution in [-0.4, -0.2) is 60.9 Å². The summed E-state index contributed by atoms with van der Waals surface area (Å²) in [5.74, 6) is -0.165. The molecule has 1 saturated heterocycles. The van der Waals surface area contributed by atoms with Gasteiger partial charge in [0.15, 0.2) is 0 Å². The van der Waals surface area contributed by atoms with Gasteiger partial charge in [-0.1, -0.05) is 32.1 Å². The van der Waals surface area contributed by atoms with Crippen molar-refractivity contribution in [1.29, 1.82) is 0 Å². The Hall–Kier alpha value is -2.57. The van der Waals surface area contributed by atoms with E-state index in [0.717, 1.165) is 57.2 Å². The lowest BCUT2D eigenvalue weighted by Crippen LogP contribution is -2.57. The molecular weight excluding hydrogens is 428 g/mol. The maximum Gasteiger partial charge on any atom is 0.253 e. The van der Waals surface area contributed by atoms with Crippen molar-refractivity contribution >= 4 is 29.1 Å². The molecule has 3 amide bonds. The van der Waals surface area contributed by atoms with Crippen LogP contribution in [0.15, 0.2) is 18.2 Å². The van der Waals surface area contributed by atoms with Gasteiger partial charge in [0.25, 0.3) is 5.91 Å². The highest BCUT2D eigenvalue weighted by Crippen LogP contribution is 2.40. The van der Waals surface area contributed by atoms with Gasteiger partial charge in [-0.3, -0.25) is 19.3 Å². The molecule has 1 N–H and O–H groups in total. The van der Waals surface area contributed by atoms with E-state index < -0.39 is 0 Å². The fraction of sp³-hybridized carbons (Fsp3) is 0.667. The first-order valence-electron chi connectivity index (χ1n) is 13.3. The van der Waals surface area contributed by atoms with Crippen LogP contribution in [0.4, 0.5) is 11.4 Å². The smallest absolute Gasteiger partial charge is 0.253 e. The number of hydrogen-bond donors (Lipinski definition) is 1. The Morgan fingerprint density at radius 3 is 2.32 bits per heavy atom. The molecule has 2 fully saturated rings. The van der Waals surface area contributed by atoms with E-state index >= 15 is 0 Å². The number of carbonyl (C=O) groups is 3. The molecule has 7 nitrogen and oxygen atoms in total. The maximum absolute atomic E-state index is 13.6. The van der Waals surface area contributed by atoms with Gasteiger partial charge in [-0.15, -0.1) is 0 Å². The molecule has 1 aromatic rings. The van der Waals surface area contributed by atoms with Crippen molar-refractivity contribution < 1.29 is 14.4 Å². The fourth-order valence-corrected chi connectivity index (χ4v) is 5.76. The van der Waals surface area contributed by atoms with Crippen LogP contribution >= 0.6 is 0 Å². The van der Waals surface area contributed by atoms with Crippen molar-refractivity contribution in [1.82, 2.24) is 10.2 Å². The second-order valence-electron chi connectivity index (χ2n) is 9.92. The standard InChI is InChI=1S/C27H40N4O3/c1-3-29(4-2)26(33)20-15-16-22-24(18-20)31(27(34)23-14-10-11-17-30(22)23)19-25(32)28-21-12-8-6-5-7-9-13-21/h15-16,18,21,23H,3-14,17,19H2,1-2H3,(H,28,32)/t23-/m1/s1. The number of hydrogen-bond acceptors (Lipinski definition) is 4. The molecule has 1 aromatic carbocycles. The van der Waals surface area contributed by atoms with Gasteiger partial charge in [0, 0.05) is 31.2 Å². The Kier molecular flexibility index (Phi) is 8.11. The molecular formula is C27H40N4O3. The number of carbonyl (C=O) groups excluding carboxylic acids is 3. The number of fused-ring (bicyclic) bond motifs is 3. The summed E-state index contributed by atoms with van der Waals surface area (Å²) in [4.78, 5) is 45.3. The van der Waals surface area contributed by atoms with Crippen LogP contribution in [0.5, 0.6) is 0 Å². The normalized spacial score (nSPS) is 21.2. The Morgan fingerprint density at radius 1 is 0.941 bits per heavy atom. The quantitative estimate of drug-likeness (QED) is 0.682. The summed E-state index contributed by atoms with van der Waals surface area (Å²) in [7, 11) is 0. The van der Waals surface area contributed by atoms with E-state index in [1.54, 1.807) is 9.80 Å². The third-order valence-corrected chi connectivity index (χ3v) is 7.70. The molecule has 1 atom stereocenters. The number of anilines is 2. The highest BCUT2D eigenvalue weighted by atomic mass is 16.2. The average molecular weight is 469 g/mol. The van der Waals surface area contributed by atoms with Crippen LogP contribution in [0.25, 0.3) is 0 Å². The van der Waals surface area contributed by atoms with Gasteiger partial charge >= 0.3 is 0 Å². The molecule has 0 spiro atoms. The van der Waals surface area contributed by atoms with Gasteiger partial charge < -0.3 is 15.1 Å². The van der Waals surface area contributed by atoms with Crippen LogP contribution in [0.1, 0.15) is 88.4 Å². The highest BCUT2D eigenvalue weighted by Gasteiger charge is 2.40. The van der Waals surface area contributed by atoms with Crippen molar-refractivity contribution in [2.45, 2.75) is 90.1 Å². The van der Waals surface area contributed by atoms with Gasteiger partial charge in [-0.2, -0.15) is 0 Å². The predicted octanol–water partition coefficient (Wildman–Crippen LogP) is 4.10. The van der Waals surface area contributed by atoms with Crippen LogP contribution in [0.3, 0.4) is 0 Å². The third kappa shape index (κ3) is 5.23. The lowest BCUT2D eigenvalue weighted by molar-refractivity contribution is -0.125. The van der Waals surface area contributed by atoms with Gasteiger partial charge in [-0.05, 0) is 64.2 Å². The summed E-state index contributed by atoms with van der Waals surface area (Å²) >= 11 is 0. The first-order chi connectivity index (χ1) is 16.5. The zero-order valence-corrected chi connectivity index (χ0v) is 20.9. The van der Waals surface area contributed by atoms with E-state index in [2.05, 4.69) is 10.2 Å². The average Bonchev–Trinajstić information content (AvgIpc) is 2.83. The summed E-state index contributed by atoms with van der Waals surface area (Å²) in [6.07, 6.45) is 10.9. The second-order valence-corrected chi connectivity index (χ2v) is 9.92. The molecule has 2 aliphatic heterocycles. The van der Waals surface area contributed by atoms with Gasteiger partial charge in [0.1, 0.15) is 12.6 Å². The zero-order chi connectivity index (χ0) is 24.1. The Labute approximate surface area is 203 Å². The van der Waals surface area contributed by atoms with Crippen molar-refractivity contribution in [3.63, 3.8) is 0 Å². The van der Waals surface area contributed by atoms with E-state index in [1.807, 2.05) is 32.0 Å². The number of piperidine rings is 1. The number of rotatable bonds is 6. The van der Waals surface area contributed by atoms with Crippen molar-refractivity contribution in [3.8, 4) is 0 Å².